The van der Waals surface area contributed by atoms with Gasteiger partial charge in [0.15, 0.2) is 0 Å². The van der Waals surface area contributed by atoms with E-state index in [9.17, 15) is 9.59 Å². The van der Waals surface area contributed by atoms with E-state index in [-0.39, 0.29) is 12.3 Å². The third-order valence-electron chi connectivity index (χ3n) is 2.74. The number of carboxylic acid groups (broad SMARTS) is 1. The molecule has 1 amide bonds. The Labute approximate surface area is 142 Å². The molecule has 0 aliphatic heterocycles. The molecule has 4 nitrogen and oxygen atoms in total. The largest absolute Gasteiger partial charge is 0.481 e. The first-order valence-electron chi connectivity index (χ1n) is 6.03. The lowest BCUT2D eigenvalue weighted by Gasteiger charge is -2.09. The Balaban J connectivity index is 2.15. The number of anilines is 1. The van der Waals surface area contributed by atoms with Crippen LogP contribution in [0.5, 0.6) is 0 Å². The summed E-state index contributed by atoms with van der Waals surface area (Å²) in [7, 11) is 0. The number of halogens is 2. The Morgan fingerprint density at radius 1 is 1.24 bits per heavy atom. The van der Waals surface area contributed by atoms with Gasteiger partial charge in [-0.15, -0.1) is 11.3 Å². The fraction of sp³-hybridized carbons (Fsp3) is 0.143. The molecule has 0 bridgehead atoms. The van der Waals surface area contributed by atoms with Gasteiger partial charge < -0.3 is 10.4 Å². The van der Waals surface area contributed by atoms with Crippen LogP contribution in [0.4, 0.5) is 5.69 Å². The molecule has 2 rings (SSSR count). The lowest BCUT2D eigenvalue weighted by molar-refractivity contribution is -0.136. The van der Waals surface area contributed by atoms with E-state index in [1.165, 1.54) is 11.3 Å². The summed E-state index contributed by atoms with van der Waals surface area (Å²) in [4.78, 5) is 23.5. The number of hydrogen-bond acceptors (Lipinski definition) is 3. The third kappa shape index (κ3) is 4.39. The zero-order valence-corrected chi connectivity index (χ0v) is 14.7. The first-order chi connectivity index (χ1) is 9.97. The number of nitrogens with one attached hydrogen (secondary N) is 1. The average molecular weight is 433 g/mol. The van der Waals surface area contributed by atoms with Gasteiger partial charge in [0.05, 0.1) is 8.66 Å². The molecule has 0 saturated heterocycles. The fourth-order valence-corrected chi connectivity index (χ4v) is 3.68. The molecule has 0 aliphatic rings. The second-order valence-corrected chi connectivity index (χ2v) is 7.46. The normalized spacial score (nSPS) is 10.4. The highest BCUT2D eigenvalue weighted by atomic mass is 79.9. The van der Waals surface area contributed by atoms with Gasteiger partial charge in [-0.2, -0.15) is 0 Å². The van der Waals surface area contributed by atoms with E-state index in [1.54, 1.807) is 18.2 Å². The van der Waals surface area contributed by atoms with Gasteiger partial charge in [-0.05, 0) is 56.0 Å². The molecule has 2 N–H and O–H groups in total. The molecule has 0 radical (unpaired) electrons. The summed E-state index contributed by atoms with van der Waals surface area (Å²) in [5.41, 5.74) is 1.45. The van der Waals surface area contributed by atoms with Crippen molar-refractivity contribution in [2.45, 2.75) is 12.8 Å². The van der Waals surface area contributed by atoms with Gasteiger partial charge in [0.2, 0.25) is 0 Å². The summed E-state index contributed by atoms with van der Waals surface area (Å²) in [6.07, 6.45) is 0.409. The highest BCUT2D eigenvalue weighted by Crippen LogP contribution is 2.32. The molecule has 0 saturated carbocycles. The van der Waals surface area contributed by atoms with E-state index in [0.29, 0.717) is 17.0 Å². The molecule has 0 fully saturated rings. The number of hydrogen-bond donors (Lipinski definition) is 2. The molecule has 1 aromatic carbocycles. The first kappa shape index (κ1) is 16.2. The van der Waals surface area contributed by atoms with Gasteiger partial charge in [0, 0.05) is 16.6 Å². The smallest absolute Gasteiger partial charge is 0.303 e. The van der Waals surface area contributed by atoms with Crippen molar-refractivity contribution < 1.29 is 14.7 Å². The van der Waals surface area contributed by atoms with Gasteiger partial charge in [-0.3, -0.25) is 9.59 Å². The van der Waals surface area contributed by atoms with Crippen LogP contribution >= 0.6 is 43.2 Å². The van der Waals surface area contributed by atoms with Gasteiger partial charge in [0.1, 0.15) is 0 Å². The van der Waals surface area contributed by atoms with Crippen LogP contribution in [0.1, 0.15) is 21.7 Å². The van der Waals surface area contributed by atoms with Crippen molar-refractivity contribution in [1.82, 2.24) is 0 Å². The Morgan fingerprint density at radius 3 is 2.57 bits per heavy atom. The van der Waals surface area contributed by atoms with Gasteiger partial charge in [0.25, 0.3) is 5.91 Å². The van der Waals surface area contributed by atoms with Crippen LogP contribution in [0.2, 0.25) is 0 Å². The zero-order chi connectivity index (χ0) is 15.4. The van der Waals surface area contributed by atoms with Crippen molar-refractivity contribution in [3.8, 4) is 0 Å². The maximum absolute atomic E-state index is 12.2. The number of aliphatic carboxylic acids is 1. The predicted octanol–water partition coefficient (Wildman–Crippen LogP) is 4.54. The number of rotatable bonds is 5. The van der Waals surface area contributed by atoms with Gasteiger partial charge in [-0.1, -0.05) is 18.2 Å². The SMILES string of the molecule is O=C(O)CCc1ccccc1NC(=O)c1cc(Br)c(Br)s1. The maximum Gasteiger partial charge on any atom is 0.303 e. The lowest BCUT2D eigenvalue weighted by Crippen LogP contribution is -2.12. The van der Waals surface area contributed by atoms with Crippen molar-refractivity contribution >= 4 is 60.8 Å². The van der Waals surface area contributed by atoms with Crippen molar-refractivity contribution in [3.63, 3.8) is 0 Å². The highest BCUT2D eigenvalue weighted by Gasteiger charge is 2.14. The number of amides is 1. The zero-order valence-electron chi connectivity index (χ0n) is 10.7. The summed E-state index contributed by atoms with van der Waals surface area (Å²) in [5.74, 6) is -1.07. The van der Waals surface area contributed by atoms with Crippen LogP contribution in [0.25, 0.3) is 0 Å². The summed E-state index contributed by atoms with van der Waals surface area (Å²) < 4.78 is 1.68. The lowest BCUT2D eigenvalue weighted by atomic mass is 10.1. The number of carboxylic acids is 1. The molecule has 1 aromatic heterocycles. The summed E-state index contributed by atoms with van der Waals surface area (Å²) in [6.45, 7) is 0. The van der Waals surface area contributed by atoms with Crippen molar-refractivity contribution in [3.05, 3.63) is 49.0 Å². The molecular formula is C14H11Br2NO3S. The minimum absolute atomic E-state index is 0.0307. The van der Waals surface area contributed by atoms with Crippen LogP contribution in [-0.2, 0) is 11.2 Å². The molecule has 0 spiro atoms. The van der Waals surface area contributed by atoms with E-state index in [1.807, 2.05) is 12.1 Å². The number of thiophene rings is 1. The Morgan fingerprint density at radius 2 is 1.95 bits per heavy atom. The number of aryl methyl sites for hydroxylation is 1. The Hall–Kier alpha value is -1.18. The topological polar surface area (TPSA) is 66.4 Å². The fourth-order valence-electron chi connectivity index (χ4n) is 1.74. The molecule has 0 unspecified atom stereocenters. The van der Waals surface area contributed by atoms with E-state index < -0.39 is 5.97 Å². The Kier molecular flexibility index (Phi) is 5.55. The monoisotopic (exact) mass is 431 g/mol. The molecule has 1 heterocycles. The number of carbonyl (C=O) groups is 2. The number of carbonyl (C=O) groups excluding carboxylic acids is 1. The van der Waals surface area contributed by atoms with Crippen LogP contribution in [-0.4, -0.2) is 17.0 Å². The van der Waals surface area contributed by atoms with Crippen LogP contribution in [0.3, 0.4) is 0 Å². The number of para-hydroxylation sites is 1. The molecule has 110 valence electrons. The van der Waals surface area contributed by atoms with Gasteiger partial charge >= 0.3 is 5.97 Å². The maximum atomic E-state index is 12.2. The highest BCUT2D eigenvalue weighted by molar-refractivity contribution is 9.13. The van der Waals surface area contributed by atoms with Crippen molar-refractivity contribution in [2.75, 3.05) is 5.32 Å². The second kappa shape index (κ2) is 7.20. The van der Waals surface area contributed by atoms with E-state index in [0.717, 1.165) is 13.8 Å². The summed E-state index contributed by atoms with van der Waals surface area (Å²) in [6, 6.07) is 8.96. The van der Waals surface area contributed by atoms with Crippen molar-refractivity contribution in [1.29, 1.82) is 0 Å². The average Bonchev–Trinajstić information content (AvgIpc) is 2.78. The third-order valence-corrected chi connectivity index (χ3v) is 6.00. The summed E-state index contributed by atoms with van der Waals surface area (Å²) >= 11 is 8.02. The van der Waals surface area contributed by atoms with Crippen LogP contribution < -0.4 is 5.32 Å². The molecule has 7 heteroatoms. The van der Waals surface area contributed by atoms with E-state index in [2.05, 4.69) is 37.2 Å². The molecule has 21 heavy (non-hydrogen) atoms. The first-order valence-corrected chi connectivity index (χ1v) is 8.43. The standard InChI is InChI=1S/C14H11Br2NO3S/c15-9-7-11(21-13(9)16)14(20)17-10-4-2-1-3-8(10)5-6-12(18)19/h1-4,7H,5-6H2,(H,17,20)(H,18,19). The molecule has 2 aromatic rings. The molecular weight excluding hydrogens is 422 g/mol. The number of benzene rings is 1. The van der Waals surface area contributed by atoms with Crippen LogP contribution in [0, 0.1) is 0 Å². The van der Waals surface area contributed by atoms with Crippen molar-refractivity contribution in [2.24, 2.45) is 0 Å². The Bertz CT molecular complexity index is 665. The van der Waals surface area contributed by atoms with Crippen LogP contribution in [0.15, 0.2) is 38.6 Å². The van der Waals surface area contributed by atoms with E-state index >= 15 is 0 Å². The predicted molar refractivity (Wildman–Crippen MR) is 90.1 cm³/mol. The molecule has 0 atom stereocenters. The van der Waals surface area contributed by atoms with Gasteiger partial charge in [-0.25, -0.2) is 0 Å². The summed E-state index contributed by atoms with van der Waals surface area (Å²) in [5, 5.41) is 11.6. The quantitative estimate of drug-likeness (QED) is 0.728. The second-order valence-electron chi connectivity index (χ2n) is 4.24. The molecule has 0 aliphatic carbocycles. The minimum Gasteiger partial charge on any atom is -0.481 e. The minimum atomic E-state index is -0.859. The van der Waals surface area contributed by atoms with E-state index in [4.69, 9.17) is 5.11 Å².